The number of benzene rings is 1. The van der Waals surface area contributed by atoms with Gasteiger partial charge >= 0.3 is 0 Å². The van der Waals surface area contributed by atoms with Gasteiger partial charge in [-0.1, -0.05) is 37.8 Å². The summed E-state index contributed by atoms with van der Waals surface area (Å²) in [6, 6.07) is 10.8. The fourth-order valence-electron chi connectivity index (χ4n) is 4.60. The molecule has 6 heteroatoms. The van der Waals surface area contributed by atoms with Crippen LogP contribution >= 0.6 is 0 Å². The zero-order valence-corrected chi connectivity index (χ0v) is 18.1. The zero-order valence-electron chi connectivity index (χ0n) is 18.1. The Hall–Kier alpha value is -2.73. The number of para-hydroxylation sites is 1. The number of amides is 2. The molecule has 6 nitrogen and oxygen atoms in total. The van der Waals surface area contributed by atoms with Gasteiger partial charge in [-0.2, -0.15) is 0 Å². The van der Waals surface area contributed by atoms with Crippen molar-refractivity contribution in [3.63, 3.8) is 0 Å². The summed E-state index contributed by atoms with van der Waals surface area (Å²) in [7, 11) is 0. The van der Waals surface area contributed by atoms with Gasteiger partial charge in [0.25, 0.3) is 5.91 Å². The van der Waals surface area contributed by atoms with Gasteiger partial charge in [-0.05, 0) is 69.0 Å². The fourth-order valence-corrected chi connectivity index (χ4v) is 4.60. The number of hydrogen-bond acceptors (Lipinski definition) is 4. The second-order valence-corrected chi connectivity index (χ2v) is 8.59. The van der Waals surface area contributed by atoms with Gasteiger partial charge in [0.2, 0.25) is 5.91 Å². The van der Waals surface area contributed by atoms with E-state index in [1.54, 1.807) is 29.3 Å². The summed E-state index contributed by atoms with van der Waals surface area (Å²) in [6.07, 6.45) is 11.9. The molecule has 31 heavy (non-hydrogen) atoms. The van der Waals surface area contributed by atoms with Crippen LogP contribution in [0.5, 0.6) is 0 Å². The number of anilines is 3. The molecule has 0 spiro atoms. The molecule has 1 aromatic heterocycles. The minimum atomic E-state index is -0.218. The molecule has 1 aliphatic heterocycles. The molecule has 4 rings (SSSR count). The third-order valence-electron chi connectivity index (χ3n) is 6.29. The largest absolute Gasteiger partial charge is 0.319 e. The lowest BCUT2D eigenvalue weighted by Gasteiger charge is -2.23. The molecule has 2 aromatic rings. The monoisotopic (exact) mass is 420 g/mol. The van der Waals surface area contributed by atoms with Gasteiger partial charge in [0.1, 0.15) is 0 Å². The molecule has 0 atom stereocenters. The summed E-state index contributed by atoms with van der Waals surface area (Å²) in [5.41, 5.74) is 1.64. The number of aromatic nitrogens is 1. The molecule has 1 fully saturated rings. The van der Waals surface area contributed by atoms with E-state index in [4.69, 9.17) is 0 Å². The molecular formula is C25H32N4O2. The second-order valence-electron chi connectivity index (χ2n) is 8.59. The molecule has 1 aliphatic carbocycles. The second kappa shape index (κ2) is 10.5. The normalized spacial score (nSPS) is 16.3. The molecule has 164 valence electrons. The highest BCUT2D eigenvalue weighted by Crippen LogP contribution is 2.36. The van der Waals surface area contributed by atoms with Gasteiger partial charge in [0, 0.05) is 12.6 Å². The first kappa shape index (κ1) is 21.5. The van der Waals surface area contributed by atoms with Crippen molar-refractivity contribution in [1.29, 1.82) is 0 Å². The number of carbonyl (C=O) groups excluding carboxylic acids is 2. The van der Waals surface area contributed by atoms with Crippen molar-refractivity contribution in [2.75, 3.05) is 23.3 Å². The van der Waals surface area contributed by atoms with Crippen LogP contribution in [0.25, 0.3) is 0 Å². The van der Waals surface area contributed by atoms with Gasteiger partial charge in [-0.15, -0.1) is 0 Å². The molecule has 2 aliphatic rings. The van der Waals surface area contributed by atoms with E-state index < -0.39 is 0 Å². The number of rotatable bonds is 8. The van der Waals surface area contributed by atoms with Crippen LogP contribution in [0, 0.1) is 5.92 Å². The maximum Gasteiger partial charge on any atom is 0.257 e. The highest BCUT2D eigenvalue weighted by Gasteiger charge is 2.29. The topological polar surface area (TPSA) is 74.3 Å². The summed E-state index contributed by atoms with van der Waals surface area (Å²) < 4.78 is 0. The number of hydrogen-bond donors (Lipinski definition) is 2. The number of fused-ring (bicyclic) bond motifs is 2. The van der Waals surface area contributed by atoms with Crippen molar-refractivity contribution in [2.24, 2.45) is 5.92 Å². The van der Waals surface area contributed by atoms with E-state index in [9.17, 15) is 9.59 Å². The molecule has 2 heterocycles. The summed E-state index contributed by atoms with van der Waals surface area (Å²) in [5, 5.41) is 6.47. The van der Waals surface area contributed by atoms with Crippen LogP contribution in [0.1, 0.15) is 68.1 Å². The lowest BCUT2D eigenvalue weighted by Crippen LogP contribution is -2.27. The summed E-state index contributed by atoms with van der Waals surface area (Å²) in [6.45, 7) is 2.15. The Bertz CT molecular complexity index is 908. The zero-order chi connectivity index (χ0) is 21.5. The van der Waals surface area contributed by atoms with Gasteiger partial charge < -0.3 is 10.6 Å². The maximum atomic E-state index is 13.2. The van der Waals surface area contributed by atoms with Gasteiger partial charge in [-0.25, -0.2) is 4.98 Å². The molecule has 2 N–H and O–H groups in total. The highest BCUT2D eigenvalue weighted by molar-refractivity contribution is 6.17. The summed E-state index contributed by atoms with van der Waals surface area (Å²) >= 11 is 0. The molecule has 2 amide bonds. The number of nitrogens with one attached hydrogen (secondary N) is 2. The fraction of sp³-hybridized carbons (Fsp3) is 0.480. The Labute approximate surface area is 184 Å². The minimum absolute atomic E-state index is 0.0286. The molecule has 1 saturated carbocycles. The average molecular weight is 421 g/mol. The van der Waals surface area contributed by atoms with E-state index >= 15 is 0 Å². The Kier molecular flexibility index (Phi) is 7.30. The van der Waals surface area contributed by atoms with Crippen molar-refractivity contribution >= 4 is 29.0 Å². The van der Waals surface area contributed by atoms with E-state index in [1.807, 2.05) is 18.2 Å². The molecular weight excluding hydrogens is 388 g/mol. The predicted molar refractivity (Wildman–Crippen MR) is 124 cm³/mol. The third kappa shape index (κ3) is 5.31. The Morgan fingerprint density at radius 2 is 1.90 bits per heavy atom. The predicted octanol–water partition coefficient (Wildman–Crippen LogP) is 5.04. The smallest absolute Gasteiger partial charge is 0.257 e. The SMILES string of the molecule is O=C1Nc2cccnc2N(C(=O)CCCCCNCC2CCCCC2)c2ccccc21. The molecule has 0 saturated heterocycles. The number of unbranched alkanes of at least 4 members (excludes halogenated alkanes) is 2. The van der Waals surface area contributed by atoms with Crippen molar-refractivity contribution in [2.45, 2.75) is 57.8 Å². The number of nitrogens with zero attached hydrogens (tertiary/aromatic N) is 2. The first-order chi connectivity index (χ1) is 15.2. The quantitative estimate of drug-likeness (QED) is 0.587. The van der Waals surface area contributed by atoms with E-state index in [-0.39, 0.29) is 11.8 Å². The van der Waals surface area contributed by atoms with E-state index in [1.165, 1.54) is 32.1 Å². The summed E-state index contributed by atoms with van der Waals surface area (Å²) in [5.74, 6) is 1.09. The van der Waals surface area contributed by atoms with Crippen LogP contribution in [-0.4, -0.2) is 29.9 Å². The first-order valence-electron chi connectivity index (χ1n) is 11.6. The Morgan fingerprint density at radius 3 is 2.77 bits per heavy atom. The number of carbonyl (C=O) groups is 2. The number of pyridine rings is 1. The molecule has 0 radical (unpaired) electrons. The maximum absolute atomic E-state index is 13.2. The minimum Gasteiger partial charge on any atom is -0.319 e. The van der Waals surface area contributed by atoms with Crippen molar-refractivity contribution in [3.05, 3.63) is 48.2 Å². The van der Waals surface area contributed by atoms with E-state index in [2.05, 4.69) is 15.6 Å². The van der Waals surface area contributed by atoms with Gasteiger partial charge in [0.05, 0.1) is 16.9 Å². The van der Waals surface area contributed by atoms with E-state index in [0.29, 0.717) is 29.2 Å². The Morgan fingerprint density at radius 1 is 1.06 bits per heavy atom. The van der Waals surface area contributed by atoms with Crippen LogP contribution < -0.4 is 15.5 Å². The van der Waals surface area contributed by atoms with Crippen molar-refractivity contribution in [3.8, 4) is 0 Å². The lowest BCUT2D eigenvalue weighted by molar-refractivity contribution is -0.118. The van der Waals surface area contributed by atoms with Crippen LogP contribution in [0.4, 0.5) is 17.2 Å². The molecule has 1 aromatic carbocycles. The van der Waals surface area contributed by atoms with Crippen molar-refractivity contribution in [1.82, 2.24) is 10.3 Å². The van der Waals surface area contributed by atoms with Crippen LogP contribution in [0.3, 0.4) is 0 Å². The standard InChI is InChI=1S/C25H32N4O2/c30-23(15-5-2-8-16-26-18-19-10-3-1-4-11-19)29-22-14-7-6-12-20(22)25(31)28-21-13-9-17-27-24(21)29/h6-7,9,12-14,17,19,26H,1-5,8,10-11,15-16,18H2,(H,28,31). The molecule has 0 bridgehead atoms. The van der Waals surface area contributed by atoms with Crippen LogP contribution in [0.2, 0.25) is 0 Å². The third-order valence-corrected chi connectivity index (χ3v) is 6.29. The van der Waals surface area contributed by atoms with Crippen LogP contribution in [0.15, 0.2) is 42.6 Å². The molecule has 0 unspecified atom stereocenters. The van der Waals surface area contributed by atoms with Gasteiger partial charge in [0.15, 0.2) is 5.82 Å². The highest BCUT2D eigenvalue weighted by atomic mass is 16.2. The Balaban J connectivity index is 1.32. The van der Waals surface area contributed by atoms with E-state index in [0.717, 1.165) is 38.3 Å². The van der Waals surface area contributed by atoms with Crippen molar-refractivity contribution < 1.29 is 9.59 Å². The summed E-state index contributed by atoms with van der Waals surface area (Å²) in [4.78, 5) is 31.8. The van der Waals surface area contributed by atoms with Crippen LogP contribution in [-0.2, 0) is 4.79 Å². The van der Waals surface area contributed by atoms with Gasteiger partial charge in [-0.3, -0.25) is 14.5 Å². The average Bonchev–Trinajstić information content (AvgIpc) is 2.93. The lowest BCUT2D eigenvalue weighted by atomic mass is 9.89. The first-order valence-corrected chi connectivity index (χ1v) is 11.6.